The molecular formula is C17H24N2O. The molecule has 0 N–H and O–H groups in total. The van der Waals surface area contributed by atoms with Crippen molar-refractivity contribution in [2.24, 2.45) is 0 Å². The summed E-state index contributed by atoms with van der Waals surface area (Å²) >= 11 is 0. The average molecular weight is 272 g/mol. The molecule has 0 amide bonds. The highest BCUT2D eigenvalue weighted by molar-refractivity contribution is 5.39. The molecule has 1 aromatic rings. The zero-order valence-corrected chi connectivity index (χ0v) is 12.3. The first kappa shape index (κ1) is 12.7. The second-order valence-corrected chi connectivity index (χ2v) is 6.61. The molecule has 3 heteroatoms. The second kappa shape index (κ2) is 5.05. The summed E-state index contributed by atoms with van der Waals surface area (Å²) in [4.78, 5) is 5.36. The van der Waals surface area contributed by atoms with E-state index in [0.29, 0.717) is 6.04 Å². The zero-order chi connectivity index (χ0) is 13.5. The SMILES string of the molecule is C[C@H]1CN2CCC[C@H]2CN1Cc1ccc2c(c1)CCO2. The van der Waals surface area contributed by atoms with E-state index in [0.717, 1.165) is 31.4 Å². The van der Waals surface area contributed by atoms with Gasteiger partial charge >= 0.3 is 0 Å². The molecule has 0 aliphatic carbocycles. The molecule has 0 radical (unpaired) electrons. The average Bonchev–Trinajstić information content (AvgIpc) is 3.06. The molecule has 3 nitrogen and oxygen atoms in total. The Labute approximate surface area is 121 Å². The smallest absolute Gasteiger partial charge is 0.122 e. The zero-order valence-electron chi connectivity index (χ0n) is 12.3. The van der Waals surface area contributed by atoms with E-state index in [1.54, 1.807) is 0 Å². The van der Waals surface area contributed by atoms with Crippen LogP contribution in [0.5, 0.6) is 5.75 Å². The monoisotopic (exact) mass is 272 g/mol. The highest BCUT2D eigenvalue weighted by Gasteiger charge is 2.34. The minimum atomic E-state index is 0.675. The number of hydrogen-bond acceptors (Lipinski definition) is 3. The predicted octanol–water partition coefficient (Wildman–Crippen LogP) is 2.29. The molecule has 2 atom stereocenters. The van der Waals surface area contributed by atoms with E-state index in [1.807, 2.05) is 0 Å². The second-order valence-electron chi connectivity index (χ2n) is 6.61. The molecule has 0 spiro atoms. The van der Waals surface area contributed by atoms with Gasteiger partial charge in [0, 0.05) is 38.1 Å². The van der Waals surface area contributed by atoms with Crippen molar-refractivity contribution >= 4 is 0 Å². The Hall–Kier alpha value is -1.06. The Balaban J connectivity index is 1.48. The highest BCUT2D eigenvalue weighted by atomic mass is 16.5. The minimum Gasteiger partial charge on any atom is -0.493 e. The maximum atomic E-state index is 5.60. The quantitative estimate of drug-likeness (QED) is 0.821. The van der Waals surface area contributed by atoms with Gasteiger partial charge in [-0.3, -0.25) is 9.80 Å². The Kier molecular flexibility index (Phi) is 3.20. The van der Waals surface area contributed by atoms with E-state index >= 15 is 0 Å². The lowest BCUT2D eigenvalue weighted by Crippen LogP contribution is -2.54. The molecule has 1 aromatic carbocycles. The fourth-order valence-electron chi connectivity index (χ4n) is 4.04. The molecular weight excluding hydrogens is 248 g/mol. The van der Waals surface area contributed by atoms with Crippen molar-refractivity contribution in [1.29, 1.82) is 0 Å². The van der Waals surface area contributed by atoms with Crippen LogP contribution in [0, 0.1) is 0 Å². The van der Waals surface area contributed by atoms with E-state index in [4.69, 9.17) is 4.74 Å². The topological polar surface area (TPSA) is 15.7 Å². The van der Waals surface area contributed by atoms with Crippen molar-refractivity contribution < 1.29 is 4.74 Å². The van der Waals surface area contributed by atoms with Crippen LogP contribution in [0.1, 0.15) is 30.9 Å². The van der Waals surface area contributed by atoms with Gasteiger partial charge in [0.2, 0.25) is 0 Å². The third-order valence-electron chi connectivity index (χ3n) is 5.21. The number of nitrogens with zero attached hydrogens (tertiary/aromatic N) is 2. The van der Waals surface area contributed by atoms with Gasteiger partial charge in [-0.05, 0) is 43.5 Å². The largest absolute Gasteiger partial charge is 0.493 e. The number of benzene rings is 1. The van der Waals surface area contributed by atoms with Gasteiger partial charge in [0.05, 0.1) is 6.61 Å². The number of hydrogen-bond donors (Lipinski definition) is 0. The molecule has 2 saturated heterocycles. The highest BCUT2D eigenvalue weighted by Crippen LogP contribution is 2.29. The molecule has 3 heterocycles. The van der Waals surface area contributed by atoms with Gasteiger partial charge in [-0.15, -0.1) is 0 Å². The normalized spacial score (nSPS) is 30.1. The first-order valence-electron chi connectivity index (χ1n) is 8.02. The van der Waals surface area contributed by atoms with Gasteiger partial charge in [0.15, 0.2) is 0 Å². The van der Waals surface area contributed by atoms with Gasteiger partial charge in [-0.25, -0.2) is 0 Å². The molecule has 0 bridgehead atoms. The fourth-order valence-corrected chi connectivity index (χ4v) is 4.04. The first-order chi connectivity index (χ1) is 9.79. The van der Waals surface area contributed by atoms with Crippen molar-refractivity contribution in [3.63, 3.8) is 0 Å². The minimum absolute atomic E-state index is 0.675. The van der Waals surface area contributed by atoms with Crippen LogP contribution in [0.15, 0.2) is 18.2 Å². The summed E-state index contributed by atoms with van der Waals surface area (Å²) in [6, 6.07) is 8.25. The van der Waals surface area contributed by atoms with E-state index in [9.17, 15) is 0 Å². The maximum Gasteiger partial charge on any atom is 0.122 e. The number of fused-ring (bicyclic) bond motifs is 2. The molecule has 3 aliphatic heterocycles. The summed E-state index contributed by atoms with van der Waals surface area (Å²) in [6.45, 7) is 8.15. The van der Waals surface area contributed by atoms with Gasteiger partial charge in [-0.1, -0.05) is 12.1 Å². The summed E-state index contributed by atoms with van der Waals surface area (Å²) in [5.41, 5.74) is 2.85. The first-order valence-corrected chi connectivity index (χ1v) is 8.02. The van der Waals surface area contributed by atoms with E-state index in [-0.39, 0.29) is 0 Å². The van der Waals surface area contributed by atoms with Crippen molar-refractivity contribution in [3.05, 3.63) is 29.3 Å². The van der Waals surface area contributed by atoms with E-state index in [1.165, 1.54) is 43.6 Å². The molecule has 2 fully saturated rings. The maximum absolute atomic E-state index is 5.60. The Morgan fingerprint density at radius 1 is 1.30 bits per heavy atom. The van der Waals surface area contributed by atoms with Gasteiger partial charge in [0.25, 0.3) is 0 Å². The fraction of sp³-hybridized carbons (Fsp3) is 0.647. The van der Waals surface area contributed by atoms with Crippen LogP contribution in [-0.2, 0) is 13.0 Å². The van der Waals surface area contributed by atoms with E-state index in [2.05, 4.69) is 34.9 Å². The number of ether oxygens (including phenoxy) is 1. The number of rotatable bonds is 2. The van der Waals surface area contributed by atoms with Crippen LogP contribution in [0.4, 0.5) is 0 Å². The van der Waals surface area contributed by atoms with Crippen molar-refractivity contribution in [2.75, 3.05) is 26.2 Å². The summed E-state index contributed by atoms with van der Waals surface area (Å²) in [7, 11) is 0. The summed E-state index contributed by atoms with van der Waals surface area (Å²) in [5.74, 6) is 1.10. The predicted molar refractivity (Wildman–Crippen MR) is 80.1 cm³/mol. The van der Waals surface area contributed by atoms with Crippen LogP contribution in [0.2, 0.25) is 0 Å². The van der Waals surface area contributed by atoms with Crippen LogP contribution in [-0.4, -0.2) is 48.1 Å². The number of piperazine rings is 1. The summed E-state index contributed by atoms with van der Waals surface area (Å²) in [6.07, 6.45) is 3.86. The van der Waals surface area contributed by atoms with Crippen LogP contribution < -0.4 is 4.74 Å². The lowest BCUT2D eigenvalue weighted by Gasteiger charge is -2.42. The van der Waals surface area contributed by atoms with Crippen molar-refractivity contribution in [3.8, 4) is 5.75 Å². The summed E-state index contributed by atoms with van der Waals surface area (Å²) < 4.78 is 5.60. The molecule has 4 rings (SSSR count). The third-order valence-corrected chi connectivity index (χ3v) is 5.21. The Morgan fingerprint density at radius 3 is 3.20 bits per heavy atom. The summed E-state index contributed by atoms with van der Waals surface area (Å²) in [5, 5.41) is 0. The lowest BCUT2D eigenvalue weighted by atomic mass is 10.0. The van der Waals surface area contributed by atoms with Gasteiger partial charge in [0.1, 0.15) is 5.75 Å². The Bertz CT molecular complexity index is 502. The van der Waals surface area contributed by atoms with Crippen LogP contribution >= 0.6 is 0 Å². The van der Waals surface area contributed by atoms with Crippen molar-refractivity contribution in [2.45, 2.75) is 44.8 Å². The molecule has 0 saturated carbocycles. The van der Waals surface area contributed by atoms with E-state index < -0.39 is 0 Å². The molecule has 0 aromatic heterocycles. The molecule has 108 valence electrons. The standard InChI is InChI=1S/C17H24N2O/c1-13-10-18-7-2-3-16(18)12-19(13)11-14-4-5-17-15(9-14)6-8-20-17/h4-5,9,13,16H,2-3,6-8,10-12H2,1H3/t13-,16-/m0/s1. The molecule has 0 unspecified atom stereocenters. The van der Waals surface area contributed by atoms with Gasteiger partial charge < -0.3 is 4.74 Å². The molecule has 20 heavy (non-hydrogen) atoms. The Morgan fingerprint density at radius 2 is 2.25 bits per heavy atom. The molecule has 3 aliphatic rings. The third kappa shape index (κ3) is 2.23. The van der Waals surface area contributed by atoms with Gasteiger partial charge in [-0.2, -0.15) is 0 Å². The van der Waals surface area contributed by atoms with Crippen LogP contribution in [0.3, 0.4) is 0 Å². The lowest BCUT2D eigenvalue weighted by molar-refractivity contribution is 0.0540. The van der Waals surface area contributed by atoms with Crippen molar-refractivity contribution in [1.82, 2.24) is 9.80 Å². The van der Waals surface area contributed by atoms with Crippen LogP contribution in [0.25, 0.3) is 0 Å².